The highest BCUT2D eigenvalue weighted by molar-refractivity contribution is 5.88. The van der Waals surface area contributed by atoms with E-state index in [0.29, 0.717) is 26.4 Å². The Morgan fingerprint density at radius 2 is 1.31 bits per heavy atom. The van der Waals surface area contributed by atoms with Gasteiger partial charge in [0.15, 0.2) is 0 Å². The summed E-state index contributed by atoms with van der Waals surface area (Å²) in [7, 11) is 0. The zero-order valence-corrected chi connectivity index (χ0v) is 7.02. The molecule has 0 amide bonds. The Labute approximate surface area is 74.9 Å². The standard InChI is InChI=1S/C8H10O5/c9-7(5-1-11-2-5)13-8(10)6-3-12-4-6/h5-6H,1-4H2. The third kappa shape index (κ3) is 1.71. The second-order valence-electron chi connectivity index (χ2n) is 3.21. The first kappa shape index (κ1) is 8.65. The van der Waals surface area contributed by atoms with Crippen molar-refractivity contribution in [3.05, 3.63) is 0 Å². The van der Waals surface area contributed by atoms with Gasteiger partial charge in [-0.15, -0.1) is 0 Å². The Bertz CT molecular complexity index is 205. The van der Waals surface area contributed by atoms with Crippen molar-refractivity contribution in [1.29, 1.82) is 0 Å². The number of rotatable bonds is 2. The van der Waals surface area contributed by atoms with Gasteiger partial charge in [0, 0.05) is 0 Å². The van der Waals surface area contributed by atoms with E-state index in [-0.39, 0.29) is 11.8 Å². The van der Waals surface area contributed by atoms with Crippen molar-refractivity contribution in [1.82, 2.24) is 0 Å². The van der Waals surface area contributed by atoms with E-state index in [9.17, 15) is 9.59 Å². The lowest BCUT2D eigenvalue weighted by Crippen LogP contribution is -2.41. The molecule has 0 aromatic heterocycles. The first-order valence-corrected chi connectivity index (χ1v) is 4.18. The zero-order chi connectivity index (χ0) is 9.26. The fourth-order valence-corrected chi connectivity index (χ4v) is 1.01. The van der Waals surface area contributed by atoms with Crippen LogP contribution in [0.1, 0.15) is 0 Å². The molecule has 0 saturated carbocycles. The summed E-state index contributed by atoms with van der Waals surface area (Å²) in [5.74, 6) is -1.43. The lowest BCUT2D eigenvalue weighted by Gasteiger charge is -2.26. The SMILES string of the molecule is O=C(OC(=O)C1COC1)C1COC1. The average Bonchev–Trinajstić information content (AvgIpc) is 1.76. The van der Waals surface area contributed by atoms with Gasteiger partial charge in [0.05, 0.1) is 26.4 Å². The van der Waals surface area contributed by atoms with Crippen LogP contribution in [0.2, 0.25) is 0 Å². The quantitative estimate of drug-likeness (QED) is 0.423. The summed E-state index contributed by atoms with van der Waals surface area (Å²) < 4.78 is 14.2. The molecule has 5 nitrogen and oxygen atoms in total. The predicted molar refractivity (Wildman–Crippen MR) is 39.7 cm³/mol. The van der Waals surface area contributed by atoms with Crippen LogP contribution >= 0.6 is 0 Å². The predicted octanol–water partition coefficient (Wildman–Crippen LogP) is -0.651. The van der Waals surface area contributed by atoms with Gasteiger partial charge in [-0.3, -0.25) is 9.59 Å². The van der Waals surface area contributed by atoms with Gasteiger partial charge in [0.1, 0.15) is 11.8 Å². The van der Waals surface area contributed by atoms with Crippen molar-refractivity contribution in [2.45, 2.75) is 0 Å². The van der Waals surface area contributed by atoms with Crippen molar-refractivity contribution in [3.63, 3.8) is 0 Å². The molecule has 2 fully saturated rings. The Balaban J connectivity index is 1.75. The van der Waals surface area contributed by atoms with E-state index in [0.717, 1.165) is 0 Å². The molecule has 0 aliphatic carbocycles. The van der Waals surface area contributed by atoms with Crippen LogP contribution in [0.15, 0.2) is 0 Å². The summed E-state index contributed by atoms with van der Waals surface area (Å²) in [6, 6.07) is 0. The average molecular weight is 186 g/mol. The van der Waals surface area contributed by atoms with E-state index >= 15 is 0 Å². The van der Waals surface area contributed by atoms with E-state index < -0.39 is 11.9 Å². The van der Waals surface area contributed by atoms with Crippen LogP contribution in [0.25, 0.3) is 0 Å². The van der Waals surface area contributed by atoms with E-state index in [1.807, 2.05) is 0 Å². The second-order valence-corrected chi connectivity index (χ2v) is 3.21. The van der Waals surface area contributed by atoms with Crippen molar-refractivity contribution < 1.29 is 23.8 Å². The normalized spacial score (nSPS) is 23.1. The third-order valence-electron chi connectivity index (χ3n) is 2.14. The molecule has 2 heterocycles. The summed E-state index contributed by atoms with van der Waals surface area (Å²) in [5, 5.41) is 0. The topological polar surface area (TPSA) is 61.8 Å². The van der Waals surface area contributed by atoms with Gasteiger partial charge in [-0.05, 0) is 0 Å². The lowest BCUT2D eigenvalue weighted by atomic mass is 10.1. The Kier molecular flexibility index (Phi) is 2.28. The van der Waals surface area contributed by atoms with E-state index in [1.54, 1.807) is 0 Å². The minimum absolute atomic E-state index is 0.245. The molecular formula is C8H10O5. The smallest absolute Gasteiger partial charge is 0.321 e. The first-order chi connectivity index (χ1) is 6.27. The van der Waals surface area contributed by atoms with Crippen LogP contribution in [-0.2, 0) is 23.8 Å². The van der Waals surface area contributed by atoms with Gasteiger partial charge >= 0.3 is 11.9 Å². The van der Waals surface area contributed by atoms with Gasteiger partial charge in [0.2, 0.25) is 0 Å². The summed E-state index contributed by atoms with van der Waals surface area (Å²) in [6.45, 7) is 1.47. The highest BCUT2D eigenvalue weighted by Gasteiger charge is 2.34. The summed E-state index contributed by atoms with van der Waals surface area (Å²) in [4.78, 5) is 22.2. The Hall–Kier alpha value is -0.940. The molecular weight excluding hydrogens is 176 g/mol. The van der Waals surface area contributed by atoms with Crippen molar-refractivity contribution in [2.75, 3.05) is 26.4 Å². The molecule has 72 valence electrons. The Morgan fingerprint density at radius 3 is 1.54 bits per heavy atom. The van der Waals surface area contributed by atoms with Crippen LogP contribution in [0.5, 0.6) is 0 Å². The van der Waals surface area contributed by atoms with Gasteiger partial charge in [-0.25, -0.2) is 0 Å². The molecule has 0 unspecified atom stereocenters. The van der Waals surface area contributed by atoms with Crippen molar-refractivity contribution in [3.8, 4) is 0 Å². The number of esters is 2. The molecule has 2 aliphatic heterocycles. The van der Waals surface area contributed by atoms with Gasteiger partial charge in [-0.2, -0.15) is 0 Å². The molecule has 0 aromatic rings. The fourth-order valence-electron chi connectivity index (χ4n) is 1.01. The van der Waals surface area contributed by atoms with Gasteiger partial charge in [0.25, 0.3) is 0 Å². The van der Waals surface area contributed by atoms with Crippen LogP contribution < -0.4 is 0 Å². The molecule has 5 heteroatoms. The number of hydrogen-bond donors (Lipinski definition) is 0. The molecule has 2 rings (SSSR count). The Morgan fingerprint density at radius 1 is 0.923 bits per heavy atom. The lowest BCUT2D eigenvalue weighted by molar-refractivity contribution is -0.181. The number of carbonyl (C=O) groups excluding carboxylic acids is 2. The zero-order valence-electron chi connectivity index (χ0n) is 7.02. The van der Waals surface area contributed by atoms with Crippen LogP contribution in [0.4, 0.5) is 0 Å². The largest absolute Gasteiger partial charge is 0.392 e. The second kappa shape index (κ2) is 3.43. The molecule has 0 spiro atoms. The van der Waals surface area contributed by atoms with E-state index in [2.05, 4.69) is 4.74 Å². The first-order valence-electron chi connectivity index (χ1n) is 4.18. The highest BCUT2D eigenvalue weighted by atomic mass is 16.6. The van der Waals surface area contributed by atoms with Crippen LogP contribution in [0, 0.1) is 11.8 Å². The summed E-state index contributed by atoms with van der Waals surface area (Å²) in [5.41, 5.74) is 0. The number of carbonyl (C=O) groups is 2. The maximum Gasteiger partial charge on any atom is 0.321 e. The molecule has 2 aliphatic rings. The van der Waals surface area contributed by atoms with Crippen molar-refractivity contribution >= 4 is 11.9 Å². The molecule has 0 aromatic carbocycles. The number of hydrogen-bond acceptors (Lipinski definition) is 5. The van der Waals surface area contributed by atoms with Crippen LogP contribution in [-0.4, -0.2) is 38.4 Å². The van der Waals surface area contributed by atoms with Gasteiger partial charge in [-0.1, -0.05) is 0 Å². The molecule has 0 N–H and O–H groups in total. The van der Waals surface area contributed by atoms with E-state index in [4.69, 9.17) is 9.47 Å². The monoisotopic (exact) mass is 186 g/mol. The van der Waals surface area contributed by atoms with Crippen LogP contribution in [0.3, 0.4) is 0 Å². The van der Waals surface area contributed by atoms with Crippen molar-refractivity contribution in [2.24, 2.45) is 11.8 Å². The summed E-state index contributed by atoms with van der Waals surface area (Å²) >= 11 is 0. The third-order valence-corrected chi connectivity index (χ3v) is 2.14. The molecule has 0 bridgehead atoms. The fraction of sp³-hybridized carbons (Fsp3) is 0.750. The number of ether oxygens (including phenoxy) is 3. The molecule has 13 heavy (non-hydrogen) atoms. The molecule has 2 saturated heterocycles. The molecule has 0 atom stereocenters. The maximum atomic E-state index is 11.1. The highest BCUT2D eigenvalue weighted by Crippen LogP contribution is 2.16. The molecule has 0 radical (unpaired) electrons. The van der Waals surface area contributed by atoms with Gasteiger partial charge < -0.3 is 14.2 Å². The maximum absolute atomic E-state index is 11.1. The summed E-state index contributed by atoms with van der Waals surface area (Å²) in [6.07, 6.45) is 0. The minimum atomic E-state index is -0.469. The minimum Gasteiger partial charge on any atom is -0.392 e. The van der Waals surface area contributed by atoms with E-state index in [1.165, 1.54) is 0 Å².